The average molecular weight is 455 g/mol. The summed E-state index contributed by atoms with van der Waals surface area (Å²) in [7, 11) is -6.20. The molecule has 0 atom stereocenters. The molecule has 10 nitrogen and oxygen atoms in total. The van der Waals surface area contributed by atoms with Gasteiger partial charge in [-0.1, -0.05) is 36.4 Å². The van der Waals surface area contributed by atoms with Gasteiger partial charge in [-0.2, -0.15) is 4.31 Å². The van der Waals surface area contributed by atoms with E-state index in [1.807, 2.05) is 6.07 Å². The van der Waals surface area contributed by atoms with E-state index in [-0.39, 0.29) is 17.0 Å². The van der Waals surface area contributed by atoms with E-state index in [2.05, 4.69) is 15.6 Å². The summed E-state index contributed by atoms with van der Waals surface area (Å²) in [6.07, 6.45) is 0.941. The molecule has 12 heteroatoms. The van der Waals surface area contributed by atoms with Gasteiger partial charge in [0.1, 0.15) is 0 Å². The van der Waals surface area contributed by atoms with Crippen LogP contribution in [0.15, 0.2) is 59.5 Å². The monoisotopic (exact) mass is 454 g/mol. The molecule has 0 saturated heterocycles. The van der Waals surface area contributed by atoms with Crippen molar-refractivity contribution >= 4 is 31.9 Å². The molecule has 2 amide bonds. The lowest BCUT2D eigenvalue weighted by atomic mass is 10.2. The summed E-state index contributed by atoms with van der Waals surface area (Å²) in [6.45, 7) is -0.402. The van der Waals surface area contributed by atoms with E-state index < -0.39 is 38.4 Å². The maximum Gasteiger partial charge on any atom is 0.269 e. The first kappa shape index (κ1) is 23.5. The Labute approximate surface area is 175 Å². The first-order chi connectivity index (χ1) is 14.0. The second kappa shape index (κ2) is 9.80. The lowest BCUT2D eigenvalue weighted by molar-refractivity contribution is -0.121. The SMILES string of the molecule is CN(CC(=O)NNC(=O)c1cccc(S(=O)(=O)NCc2ccccc2)c1)S(C)(=O)=O. The number of benzene rings is 2. The molecule has 0 aliphatic heterocycles. The van der Waals surface area contributed by atoms with Crippen LogP contribution in [0.3, 0.4) is 0 Å². The van der Waals surface area contributed by atoms with Crippen LogP contribution in [-0.4, -0.2) is 52.8 Å². The fraction of sp³-hybridized carbons (Fsp3) is 0.222. The fourth-order valence-electron chi connectivity index (χ4n) is 2.22. The smallest absolute Gasteiger partial charge is 0.269 e. The Balaban J connectivity index is 2.00. The highest BCUT2D eigenvalue weighted by Gasteiger charge is 2.18. The lowest BCUT2D eigenvalue weighted by Gasteiger charge is -2.14. The van der Waals surface area contributed by atoms with Crippen LogP contribution in [0.4, 0.5) is 0 Å². The number of carbonyl (C=O) groups is 2. The zero-order valence-electron chi connectivity index (χ0n) is 16.3. The first-order valence-electron chi connectivity index (χ1n) is 8.63. The van der Waals surface area contributed by atoms with Gasteiger partial charge >= 0.3 is 0 Å². The molecule has 0 saturated carbocycles. The van der Waals surface area contributed by atoms with Crippen LogP contribution in [0.25, 0.3) is 0 Å². The summed E-state index contributed by atoms with van der Waals surface area (Å²) in [6, 6.07) is 14.2. The van der Waals surface area contributed by atoms with Crippen LogP contribution >= 0.6 is 0 Å². The summed E-state index contributed by atoms with van der Waals surface area (Å²) < 4.78 is 50.8. The molecule has 0 bridgehead atoms. The maximum atomic E-state index is 12.5. The van der Waals surface area contributed by atoms with Gasteiger partial charge in [0.25, 0.3) is 11.8 Å². The Morgan fingerprint density at radius 2 is 1.60 bits per heavy atom. The third-order valence-corrected chi connectivity index (χ3v) is 6.62. The van der Waals surface area contributed by atoms with E-state index >= 15 is 0 Å². The van der Waals surface area contributed by atoms with Crippen LogP contribution in [0.5, 0.6) is 0 Å². The van der Waals surface area contributed by atoms with Crippen molar-refractivity contribution in [2.75, 3.05) is 19.8 Å². The Kier molecular flexibility index (Phi) is 7.67. The van der Waals surface area contributed by atoms with Crippen LogP contribution in [0.2, 0.25) is 0 Å². The molecule has 162 valence electrons. The summed E-state index contributed by atoms with van der Waals surface area (Å²) in [5.41, 5.74) is 4.97. The van der Waals surface area contributed by atoms with E-state index in [1.165, 1.54) is 25.2 Å². The largest absolute Gasteiger partial charge is 0.272 e. The quantitative estimate of drug-likeness (QED) is 0.472. The van der Waals surface area contributed by atoms with Crippen molar-refractivity contribution < 1.29 is 26.4 Å². The highest BCUT2D eigenvalue weighted by atomic mass is 32.2. The second-order valence-corrected chi connectivity index (χ2v) is 10.2. The Morgan fingerprint density at radius 3 is 2.23 bits per heavy atom. The molecule has 0 unspecified atom stereocenters. The van der Waals surface area contributed by atoms with E-state index in [0.29, 0.717) is 0 Å². The molecule has 0 spiro atoms. The number of hydrogen-bond donors (Lipinski definition) is 3. The Morgan fingerprint density at radius 1 is 0.933 bits per heavy atom. The highest BCUT2D eigenvalue weighted by molar-refractivity contribution is 7.89. The molecule has 0 radical (unpaired) electrons. The Hall–Kier alpha value is -2.80. The number of carbonyl (C=O) groups excluding carboxylic acids is 2. The number of hydrazine groups is 1. The number of nitrogens with one attached hydrogen (secondary N) is 3. The van der Waals surface area contributed by atoms with Gasteiger partial charge in [0, 0.05) is 19.2 Å². The van der Waals surface area contributed by atoms with Crippen molar-refractivity contribution in [2.45, 2.75) is 11.4 Å². The Bertz CT molecular complexity index is 1120. The molecule has 3 N–H and O–H groups in total. The summed E-state index contributed by atoms with van der Waals surface area (Å²) in [4.78, 5) is 23.8. The number of nitrogens with zero attached hydrogens (tertiary/aromatic N) is 1. The van der Waals surface area contributed by atoms with Crippen molar-refractivity contribution in [1.29, 1.82) is 0 Å². The standard InChI is InChI=1S/C18H22N4O6S2/c1-22(29(2,25)26)13-17(23)20-21-18(24)15-9-6-10-16(11-15)30(27,28)19-12-14-7-4-3-5-8-14/h3-11,19H,12-13H2,1-2H3,(H,20,23)(H,21,24). The third kappa shape index (κ3) is 6.91. The zero-order chi connectivity index (χ0) is 22.4. The predicted octanol–water partition coefficient (Wildman–Crippen LogP) is -0.182. The van der Waals surface area contributed by atoms with Gasteiger partial charge in [0.15, 0.2) is 0 Å². The van der Waals surface area contributed by atoms with Gasteiger partial charge in [0.05, 0.1) is 17.7 Å². The van der Waals surface area contributed by atoms with Gasteiger partial charge in [-0.3, -0.25) is 20.4 Å². The molecule has 2 rings (SSSR count). The second-order valence-electron chi connectivity index (χ2n) is 6.36. The van der Waals surface area contributed by atoms with E-state index in [9.17, 15) is 26.4 Å². The molecule has 2 aromatic rings. The molecule has 0 aliphatic rings. The topological polar surface area (TPSA) is 142 Å². The zero-order valence-corrected chi connectivity index (χ0v) is 18.0. The number of hydrogen-bond acceptors (Lipinski definition) is 6. The summed E-state index contributed by atoms with van der Waals surface area (Å²) in [5.74, 6) is -1.52. The van der Waals surface area contributed by atoms with Crippen LogP contribution < -0.4 is 15.6 Å². The first-order valence-corrected chi connectivity index (χ1v) is 12.0. The van der Waals surface area contributed by atoms with Gasteiger partial charge in [-0.15, -0.1) is 0 Å². The summed E-state index contributed by atoms with van der Waals surface area (Å²) >= 11 is 0. The fourth-order valence-corrected chi connectivity index (χ4v) is 3.63. The van der Waals surface area contributed by atoms with Crippen molar-refractivity contribution in [1.82, 2.24) is 19.9 Å². The molecule has 0 aromatic heterocycles. The van der Waals surface area contributed by atoms with Crippen molar-refractivity contribution in [3.05, 3.63) is 65.7 Å². The number of amides is 2. The van der Waals surface area contributed by atoms with E-state index in [1.54, 1.807) is 24.3 Å². The minimum Gasteiger partial charge on any atom is -0.272 e. The van der Waals surface area contributed by atoms with Crippen LogP contribution in [0.1, 0.15) is 15.9 Å². The molecular weight excluding hydrogens is 432 g/mol. The van der Waals surface area contributed by atoms with Gasteiger partial charge in [-0.25, -0.2) is 21.6 Å². The molecule has 0 aliphatic carbocycles. The predicted molar refractivity (Wildman–Crippen MR) is 110 cm³/mol. The number of likely N-dealkylation sites (N-methyl/N-ethyl adjacent to an activating group) is 1. The molecule has 2 aromatic carbocycles. The van der Waals surface area contributed by atoms with Crippen LogP contribution in [0, 0.1) is 0 Å². The van der Waals surface area contributed by atoms with Gasteiger partial charge < -0.3 is 0 Å². The minimum atomic E-state index is -3.87. The van der Waals surface area contributed by atoms with Crippen molar-refractivity contribution in [2.24, 2.45) is 0 Å². The van der Waals surface area contributed by atoms with Crippen molar-refractivity contribution in [3.8, 4) is 0 Å². The third-order valence-electron chi connectivity index (χ3n) is 3.96. The summed E-state index contributed by atoms with van der Waals surface area (Å²) in [5, 5.41) is 0. The molecule has 0 heterocycles. The highest BCUT2D eigenvalue weighted by Crippen LogP contribution is 2.12. The van der Waals surface area contributed by atoms with Crippen molar-refractivity contribution in [3.63, 3.8) is 0 Å². The maximum absolute atomic E-state index is 12.5. The average Bonchev–Trinajstić information content (AvgIpc) is 2.70. The lowest BCUT2D eigenvalue weighted by Crippen LogP contribution is -2.46. The van der Waals surface area contributed by atoms with Gasteiger partial charge in [0.2, 0.25) is 20.0 Å². The molecule has 30 heavy (non-hydrogen) atoms. The normalized spacial score (nSPS) is 11.8. The minimum absolute atomic E-state index is 0.00523. The van der Waals surface area contributed by atoms with E-state index in [0.717, 1.165) is 22.2 Å². The van der Waals surface area contributed by atoms with Gasteiger partial charge in [-0.05, 0) is 23.8 Å². The number of rotatable bonds is 8. The van der Waals surface area contributed by atoms with E-state index in [4.69, 9.17) is 0 Å². The molecule has 0 fully saturated rings. The molecular formula is C18H22N4O6S2. The number of sulfonamides is 2. The van der Waals surface area contributed by atoms with Crippen LogP contribution in [-0.2, 0) is 31.4 Å².